The van der Waals surface area contributed by atoms with Gasteiger partial charge in [-0.15, -0.1) is 0 Å². The number of ether oxygens (including phenoxy) is 1. The van der Waals surface area contributed by atoms with E-state index in [0.717, 1.165) is 15.9 Å². The zero-order valence-electron chi connectivity index (χ0n) is 17.1. The van der Waals surface area contributed by atoms with Gasteiger partial charge in [0.15, 0.2) is 0 Å². The van der Waals surface area contributed by atoms with Crippen molar-refractivity contribution in [2.24, 2.45) is 7.05 Å². The van der Waals surface area contributed by atoms with Crippen LogP contribution in [0.5, 0.6) is 0 Å². The lowest BCUT2D eigenvalue weighted by Gasteiger charge is -2.29. The second-order valence-electron chi connectivity index (χ2n) is 7.53. The number of aryl methyl sites for hydroxylation is 1. The third kappa shape index (κ3) is 3.74. The van der Waals surface area contributed by atoms with Gasteiger partial charge in [-0.2, -0.15) is 0 Å². The maximum Gasteiger partial charge on any atom is 0.269 e. The second kappa shape index (κ2) is 8.47. The van der Waals surface area contributed by atoms with E-state index in [0.29, 0.717) is 22.9 Å². The fourth-order valence-electron chi connectivity index (χ4n) is 4.10. The van der Waals surface area contributed by atoms with Gasteiger partial charge in [-0.1, -0.05) is 35.3 Å². The molecule has 0 bridgehead atoms. The van der Waals surface area contributed by atoms with Crippen LogP contribution in [0.4, 0.5) is 5.69 Å². The van der Waals surface area contributed by atoms with Gasteiger partial charge < -0.3 is 13.9 Å². The van der Waals surface area contributed by atoms with Crippen LogP contribution < -0.4 is 10.5 Å². The van der Waals surface area contributed by atoms with Crippen molar-refractivity contribution in [3.63, 3.8) is 0 Å². The molecule has 3 aromatic rings. The van der Waals surface area contributed by atoms with Crippen LogP contribution in [-0.4, -0.2) is 28.8 Å². The summed E-state index contributed by atoms with van der Waals surface area (Å²) in [7, 11) is 3.26. The quantitative estimate of drug-likeness (QED) is 0.460. The van der Waals surface area contributed by atoms with Gasteiger partial charge in [-0.25, -0.2) is 0 Å². The van der Waals surface area contributed by atoms with Crippen molar-refractivity contribution in [2.75, 3.05) is 18.6 Å². The van der Waals surface area contributed by atoms with Crippen LogP contribution in [0.3, 0.4) is 0 Å². The Kier molecular flexibility index (Phi) is 6.05. The molecule has 0 spiro atoms. The lowest BCUT2D eigenvalue weighted by molar-refractivity contribution is 0.0993. The highest BCUT2D eigenvalue weighted by atomic mass is 79.9. The van der Waals surface area contributed by atoms with Crippen molar-refractivity contribution in [3.05, 3.63) is 84.4 Å². The summed E-state index contributed by atoms with van der Waals surface area (Å²) in [5.41, 5.74) is 2.53. The van der Waals surface area contributed by atoms with E-state index >= 15 is 0 Å². The van der Waals surface area contributed by atoms with E-state index < -0.39 is 6.04 Å². The molecule has 2 atom stereocenters. The molecule has 3 heterocycles. The fourth-order valence-corrected chi connectivity index (χ4v) is 5.24. The van der Waals surface area contributed by atoms with Gasteiger partial charge in [-0.05, 0) is 52.7 Å². The zero-order valence-corrected chi connectivity index (χ0v) is 20.2. The monoisotopic (exact) mass is 523 g/mol. The van der Waals surface area contributed by atoms with E-state index in [2.05, 4.69) is 20.5 Å². The van der Waals surface area contributed by atoms with E-state index in [1.54, 1.807) is 37.4 Å². The van der Waals surface area contributed by atoms with Crippen LogP contribution in [0.2, 0.25) is 10.0 Å². The molecule has 1 unspecified atom stereocenters. The van der Waals surface area contributed by atoms with Crippen LogP contribution in [0.1, 0.15) is 40.6 Å². The minimum atomic E-state index is -0.432. The summed E-state index contributed by atoms with van der Waals surface area (Å²) in [6, 6.07) is 10.3. The highest BCUT2D eigenvalue weighted by molar-refractivity contribution is 9.10. The third-order valence-electron chi connectivity index (χ3n) is 5.43. The van der Waals surface area contributed by atoms with Crippen LogP contribution in [0.25, 0.3) is 0 Å². The van der Waals surface area contributed by atoms with E-state index in [9.17, 15) is 9.59 Å². The smallest absolute Gasteiger partial charge is 0.269 e. The molecule has 1 aromatic carbocycles. The number of methoxy groups -OCH3 is 1. The van der Waals surface area contributed by atoms with Crippen molar-refractivity contribution in [3.8, 4) is 0 Å². The van der Waals surface area contributed by atoms with Gasteiger partial charge in [0.1, 0.15) is 11.1 Å². The molecule has 0 radical (unpaired) electrons. The number of aromatic nitrogens is 2. The molecular formula is C22H20BrCl2N3O3. The van der Waals surface area contributed by atoms with Gasteiger partial charge in [0.2, 0.25) is 0 Å². The number of pyridine rings is 1. The molecule has 6 nitrogen and oxygen atoms in total. The van der Waals surface area contributed by atoms with Gasteiger partial charge in [0.05, 0.1) is 34.2 Å². The number of hydrogen-bond donors (Lipinski definition) is 0. The normalized spacial score (nSPS) is 16.6. The van der Waals surface area contributed by atoms with Crippen LogP contribution >= 0.6 is 39.1 Å². The van der Waals surface area contributed by atoms with Crippen LogP contribution in [-0.2, 0) is 11.8 Å². The molecule has 1 aliphatic heterocycles. The number of benzene rings is 1. The first-order valence-electron chi connectivity index (χ1n) is 9.59. The number of fused-ring (bicyclic) bond motifs is 1. The molecule has 0 fully saturated rings. The molecule has 162 valence electrons. The summed E-state index contributed by atoms with van der Waals surface area (Å²) in [5, 5.41) is 0.658. The number of halogens is 3. The Morgan fingerprint density at radius 1 is 1.16 bits per heavy atom. The summed E-state index contributed by atoms with van der Waals surface area (Å²) in [5.74, 6) is -0.172. The third-order valence-corrected chi connectivity index (χ3v) is 6.57. The molecule has 0 saturated heterocycles. The van der Waals surface area contributed by atoms with E-state index in [-0.39, 0.29) is 22.5 Å². The molecule has 0 saturated carbocycles. The van der Waals surface area contributed by atoms with Crippen molar-refractivity contribution < 1.29 is 9.53 Å². The number of carbonyl (C=O) groups excluding carboxylic acids is 1. The van der Waals surface area contributed by atoms with Gasteiger partial charge in [0, 0.05) is 25.4 Å². The van der Waals surface area contributed by atoms with Gasteiger partial charge in [-0.3, -0.25) is 14.5 Å². The lowest BCUT2D eigenvalue weighted by Crippen LogP contribution is -2.31. The average Bonchev–Trinajstić information content (AvgIpc) is 3.20. The number of nitrogens with zero attached hydrogens (tertiary/aromatic N) is 3. The molecule has 1 aliphatic rings. The van der Waals surface area contributed by atoms with Crippen LogP contribution in [0.15, 0.2) is 52.0 Å². The summed E-state index contributed by atoms with van der Waals surface area (Å²) >= 11 is 15.9. The largest absolute Gasteiger partial charge is 0.383 e. The molecule has 2 aromatic heterocycles. The molecule has 9 heteroatoms. The topological polar surface area (TPSA) is 56.5 Å². The van der Waals surface area contributed by atoms with Crippen molar-refractivity contribution in [2.45, 2.75) is 19.0 Å². The first-order valence-corrected chi connectivity index (χ1v) is 11.1. The number of carbonyl (C=O) groups is 1. The maximum atomic E-state index is 13.6. The standard InChI is InChI=1S/C22H20BrCl2N3O3/c1-12(11-31-3)27-18(23)9-16-20(27)19(13-4-6-14(24)7-5-13)28(21(16)29)15-8-17(25)22(30)26(2)10-15/h4-10,12,19H,11H2,1-3H3/t12-,19?/m1/s1. The minimum absolute atomic E-state index is 0.0191. The fraction of sp³-hybridized carbons (Fsp3) is 0.273. The highest BCUT2D eigenvalue weighted by Crippen LogP contribution is 2.45. The van der Waals surface area contributed by atoms with Crippen molar-refractivity contribution in [1.29, 1.82) is 0 Å². The summed E-state index contributed by atoms with van der Waals surface area (Å²) in [6.07, 6.45) is 1.62. The Morgan fingerprint density at radius 2 is 1.84 bits per heavy atom. The van der Waals surface area contributed by atoms with Gasteiger partial charge in [0.25, 0.3) is 11.5 Å². The highest BCUT2D eigenvalue weighted by Gasteiger charge is 2.43. The number of anilines is 1. The molecule has 0 aliphatic carbocycles. The minimum Gasteiger partial charge on any atom is -0.383 e. The first-order chi connectivity index (χ1) is 14.7. The Balaban J connectivity index is 1.96. The van der Waals surface area contributed by atoms with E-state index in [4.69, 9.17) is 27.9 Å². The van der Waals surface area contributed by atoms with E-state index in [1.807, 2.05) is 25.1 Å². The Hall–Kier alpha value is -2.06. The molecule has 1 amide bonds. The predicted molar refractivity (Wildman–Crippen MR) is 126 cm³/mol. The molecule has 31 heavy (non-hydrogen) atoms. The lowest BCUT2D eigenvalue weighted by atomic mass is 10.0. The summed E-state index contributed by atoms with van der Waals surface area (Å²) in [4.78, 5) is 27.4. The number of hydrogen-bond acceptors (Lipinski definition) is 3. The van der Waals surface area contributed by atoms with Crippen molar-refractivity contribution >= 4 is 50.7 Å². The van der Waals surface area contributed by atoms with Gasteiger partial charge >= 0.3 is 0 Å². The summed E-state index contributed by atoms with van der Waals surface area (Å²) in [6.45, 7) is 2.51. The maximum absolute atomic E-state index is 13.6. The predicted octanol–water partition coefficient (Wildman–Crippen LogP) is 5.21. The summed E-state index contributed by atoms with van der Waals surface area (Å²) < 4.78 is 9.62. The second-order valence-corrected chi connectivity index (χ2v) is 9.19. The van der Waals surface area contributed by atoms with Crippen LogP contribution in [0, 0.1) is 0 Å². The number of rotatable bonds is 5. The molecular weight excluding hydrogens is 505 g/mol. The zero-order chi connectivity index (χ0) is 22.4. The average molecular weight is 525 g/mol. The van der Waals surface area contributed by atoms with Crippen molar-refractivity contribution in [1.82, 2.24) is 9.13 Å². The molecule has 0 N–H and O–H groups in total. The Morgan fingerprint density at radius 3 is 2.45 bits per heavy atom. The Bertz CT molecular complexity index is 1190. The Labute approximate surface area is 198 Å². The first kappa shape index (κ1) is 22.1. The SMILES string of the molecule is COC[C@@H](C)n1c(Br)cc2c1C(c1ccc(Cl)cc1)N(c1cc(Cl)c(=O)n(C)c1)C2=O. The molecule has 4 rings (SSSR count). The number of amides is 1. The van der Waals surface area contributed by atoms with E-state index in [1.165, 1.54) is 10.6 Å².